The smallest absolute Gasteiger partial charge is 0.155 e. The first-order valence-corrected chi connectivity index (χ1v) is 13.2. The highest BCUT2D eigenvalue weighted by atomic mass is 16.3. The Morgan fingerprint density at radius 1 is 1.10 bits per heavy atom. The molecule has 0 aromatic carbocycles. The van der Waals surface area contributed by atoms with Gasteiger partial charge in [0.1, 0.15) is 0 Å². The van der Waals surface area contributed by atoms with E-state index in [2.05, 4.69) is 53.7 Å². The van der Waals surface area contributed by atoms with Crippen LogP contribution in [-0.2, 0) is 4.79 Å². The van der Waals surface area contributed by atoms with Crippen LogP contribution in [-0.4, -0.2) is 17.0 Å². The van der Waals surface area contributed by atoms with Crippen LogP contribution in [0.2, 0.25) is 0 Å². The minimum absolute atomic E-state index is 0.133. The molecule has 0 aromatic rings. The van der Waals surface area contributed by atoms with Crippen molar-refractivity contribution in [3.05, 3.63) is 23.8 Å². The molecule has 3 saturated carbocycles. The molecule has 0 aliphatic heterocycles. The van der Waals surface area contributed by atoms with Crippen molar-refractivity contribution >= 4 is 5.78 Å². The molecule has 0 spiro atoms. The summed E-state index contributed by atoms with van der Waals surface area (Å²) >= 11 is 0. The van der Waals surface area contributed by atoms with Crippen LogP contribution in [0.3, 0.4) is 0 Å². The third-order valence-electron chi connectivity index (χ3n) is 10.7. The first-order chi connectivity index (χ1) is 14.6. The Bertz CT molecular complexity index is 748. The van der Waals surface area contributed by atoms with Crippen molar-refractivity contribution in [3.8, 4) is 0 Å². The average Bonchev–Trinajstić information content (AvgIpc) is 3.06. The van der Waals surface area contributed by atoms with E-state index in [1.807, 2.05) is 6.08 Å². The molecule has 2 nitrogen and oxygen atoms in total. The van der Waals surface area contributed by atoms with Gasteiger partial charge < -0.3 is 5.11 Å². The molecule has 3 fully saturated rings. The highest BCUT2D eigenvalue weighted by molar-refractivity contribution is 5.91. The summed E-state index contributed by atoms with van der Waals surface area (Å²) in [6, 6.07) is 0. The third kappa shape index (κ3) is 3.79. The lowest BCUT2D eigenvalue weighted by Gasteiger charge is -2.59. The van der Waals surface area contributed by atoms with Crippen LogP contribution in [0.4, 0.5) is 0 Å². The summed E-state index contributed by atoms with van der Waals surface area (Å²) in [5, 5.41) is 11.3. The second-order valence-electron chi connectivity index (χ2n) is 12.4. The summed E-state index contributed by atoms with van der Waals surface area (Å²) in [6.07, 6.45) is 15.4. The normalized spacial score (nSPS) is 44.6. The first-order valence-electron chi connectivity index (χ1n) is 13.2. The summed E-state index contributed by atoms with van der Waals surface area (Å²) < 4.78 is 0. The minimum atomic E-state index is -0.269. The molecule has 4 aliphatic rings. The molecule has 0 saturated heterocycles. The molecule has 0 bridgehead atoms. The van der Waals surface area contributed by atoms with Crippen molar-refractivity contribution in [1.82, 2.24) is 0 Å². The van der Waals surface area contributed by atoms with Gasteiger partial charge in [0.05, 0.1) is 6.10 Å². The Morgan fingerprint density at radius 2 is 1.84 bits per heavy atom. The van der Waals surface area contributed by atoms with Gasteiger partial charge in [-0.2, -0.15) is 0 Å². The Labute approximate surface area is 191 Å². The summed E-state index contributed by atoms with van der Waals surface area (Å²) in [5.41, 5.74) is 1.73. The number of rotatable bonds is 5. The average molecular weight is 427 g/mol. The fourth-order valence-electron chi connectivity index (χ4n) is 8.71. The predicted molar refractivity (Wildman–Crippen MR) is 129 cm³/mol. The molecule has 1 N–H and O–H groups in total. The van der Waals surface area contributed by atoms with Crippen molar-refractivity contribution in [2.45, 2.75) is 99.0 Å². The second kappa shape index (κ2) is 8.47. The van der Waals surface area contributed by atoms with Gasteiger partial charge >= 0.3 is 0 Å². The highest BCUT2D eigenvalue weighted by Crippen LogP contribution is 2.67. The zero-order valence-electron chi connectivity index (χ0n) is 20.9. The first kappa shape index (κ1) is 23.3. The SMILES string of the molecule is CC[C@H](/C=C/[C@@H](C)[C@H]1CC[C@H]2[C@@H]3[C@@H](O)CC4=CC(=O)CC[C@]4(C)[C@H]3CC[C@]12C)C(C)C. The summed E-state index contributed by atoms with van der Waals surface area (Å²) in [6.45, 7) is 14.4. The molecular formula is C29H46O2. The lowest BCUT2D eigenvalue weighted by atomic mass is 9.46. The molecule has 0 unspecified atom stereocenters. The molecule has 4 aliphatic carbocycles. The molecule has 174 valence electrons. The number of aliphatic hydroxyl groups excluding tert-OH is 1. The van der Waals surface area contributed by atoms with E-state index in [-0.39, 0.29) is 17.3 Å². The van der Waals surface area contributed by atoms with Crippen molar-refractivity contribution < 1.29 is 9.90 Å². The zero-order valence-corrected chi connectivity index (χ0v) is 20.9. The fraction of sp³-hybridized carbons (Fsp3) is 0.828. The van der Waals surface area contributed by atoms with Crippen molar-refractivity contribution in [2.75, 3.05) is 0 Å². The Balaban J connectivity index is 1.56. The Hall–Kier alpha value is -0.890. The maximum atomic E-state index is 12.1. The Kier molecular flexibility index (Phi) is 6.36. The standard InChI is InChI=1S/C29H46O2/c1-7-20(18(2)3)9-8-19(4)23-10-11-24-27-25(13-15-29(23,24)6)28(5)14-12-22(30)16-21(28)17-26(27)31/h8-9,16,18-20,23-27,31H,7,10-15,17H2,1-6H3/b9-8+/t19-,20-,23-,24+,25+,26+,27+,28+,29-/m1/s1. The van der Waals surface area contributed by atoms with Crippen LogP contribution in [0.1, 0.15) is 92.9 Å². The van der Waals surface area contributed by atoms with Gasteiger partial charge in [0.25, 0.3) is 0 Å². The molecule has 2 heteroatoms. The maximum Gasteiger partial charge on any atom is 0.155 e. The van der Waals surface area contributed by atoms with Gasteiger partial charge in [-0.25, -0.2) is 0 Å². The number of hydrogen-bond donors (Lipinski definition) is 1. The van der Waals surface area contributed by atoms with Crippen molar-refractivity contribution in [1.29, 1.82) is 0 Å². The zero-order chi connectivity index (χ0) is 22.6. The van der Waals surface area contributed by atoms with Gasteiger partial charge in [-0.1, -0.05) is 59.3 Å². The number of hydrogen-bond acceptors (Lipinski definition) is 2. The van der Waals surface area contributed by atoms with E-state index in [9.17, 15) is 9.90 Å². The van der Waals surface area contributed by atoms with E-state index in [0.29, 0.717) is 47.3 Å². The van der Waals surface area contributed by atoms with Crippen LogP contribution in [0, 0.1) is 52.3 Å². The summed E-state index contributed by atoms with van der Waals surface area (Å²) in [4.78, 5) is 12.1. The van der Waals surface area contributed by atoms with Crippen molar-refractivity contribution in [3.63, 3.8) is 0 Å². The molecule has 9 atom stereocenters. The lowest BCUT2D eigenvalue weighted by molar-refractivity contribution is -0.124. The molecule has 4 rings (SSSR count). The topological polar surface area (TPSA) is 37.3 Å². The van der Waals surface area contributed by atoms with Crippen LogP contribution in [0.15, 0.2) is 23.8 Å². The molecule has 0 heterocycles. The van der Waals surface area contributed by atoms with Gasteiger partial charge in [0.15, 0.2) is 5.78 Å². The monoisotopic (exact) mass is 426 g/mol. The van der Waals surface area contributed by atoms with E-state index in [4.69, 9.17) is 0 Å². The van der Waals surface area contributed by atoms with Gasteiger partial charge in [-0.05, 0) is 103 Å². The number of fused-ring (bicyclic) bond motifs is 5. The van der Waals surface area contributed by atoms with E-state index >= 15 is 0 Å². The Morgan fingerprint density at radius 3 is 2.52 bits per heavy atom. The third-order valence-corrected chi connectivity index (χ3v) is 10.7. The van der Waals surface area contributed by atoms with Gasteiger partial charge in [-0.15, -0.1) is 0 Å². The van der Waals surface area contributed by atoms with E-state index in [0.717, 1.165) is 18.8 Å². The van der Waals surface area contributed by atoms with Crippen LogP contribution >= 0.6 is 0 Å². The van der Waals surface area contributed by atoms with Crippen LogP contribution < -0.4 is 0 Å². The number of aliphatic hydroxyl groups is 1. The number of ketones is 1. The van der Waals surface area contributed by atoms with E-state index in [1.165, 1.54) is 37.7 Å². The van der Waals surface area contributed by atoms with Gasteiger partial charge in [0.2, 0.25) is 0 Å². The lowest BCUT2D eigenvalue weighted by Crippen LogP contribution is -2.55. The van der Waals surface area contributed by atoms with Crippen molar-refractivity contribution in [2.24, 2.45) is 52.3 Å². The largest absolute Gasteiger partial charge is 0.392 e. The van der Waals surface area contributed by atoms with Gasteiger partial charge in [0, 0.05) is 6.42 Å². The number of carbonyl (C=O) groups excluding carboxylic acids is 1. The molecule has 0 radical (unpaired) electrons. The van der Waals surface area contributed by atoms with Crippen LogP contribution in [0.25, 0.3) is 0 Å². The van der Waals surface area contributed by atoms with E-state index < -0.39 is 0 Å². The number of allylic oxidation sites excluding steroid dienone is 2. The van der Waals surface area contributed by atoms with Gasteiger partial charge in [-0.3, -0.25) is 4.79 Å². The summed E-state index contributed by atoms with van der Waals surface area (Å²) in [7, 11) is 0. The van der Waals surface area contributed by atoms with E-state index in [1.54, 1.807) is 0 Å². The predicted octanol–water partition coefficient (Wildman–Crippen LogP) is 6.98. The second-order valence-corrected chi connectivity index (χ2v) is 12.4. The maximum absolute atomic E-state index is 12.1. The fourth-order valence-corrected chi connectivity index (χ4v) is 8.71. The molecule has 0 aromatic heterocycles. The van der Waals surface area contributed by atoms with Crippen LogP contribution in [0.5, 0.6) is 0 Å². The number of carbonyl (C=O) groups is 1. The quantitative estimate of drug-likeness (QED) is 0.481. The molecule has 31 heavy (non-hydrogen) atoms. The summed E-state index contributed by atoms with van der Waals surface area (Å²) in [5.74, 6) is 4.58. The molecular weight excluding hydrogens is 380 g/mol. The minimum Gasteiger partial charge on any atom is -0.392 e. The molecule has 0 amide bonds. The highest BCUT2D eigenvalue weighted by Gasteiger charge is 2.61.